The lowest BCUT2D eigenvalue weighted by Gasteiger charge is -2.15. The van der Waals surface area contributed by atoms with E-state index in [-0.39, 0.29) is 0 Å². The van der Waals surface area contributed by atoms with Gasteiger partial charge >= 0.3 is 0 Å². The molecule has 4 heteroatoms. The average molecular weight is 395 g/mol. The fourth-order valence-corrected chi connectivity index (χ4v) is 3.17. The van der Waals surface area contributed by atoms with E-state index in [2.05, 4.69) is 72.9 Å². The molecule has 0 saturated heterocycles. The van der Waals surface area contributed by atoms with Crippen molar-refractivity contribution in [1.82, 2.24) is 9.97 Å². The third-order valence-corrected chi connectivity index (χ3v) is 4.28. The third-order valence-electron chi connectivity index (χ3n) is 3.22. The number of anilines is 1. The molecule has 1 aromatic carbocycles. The Hall–Kier alpha value is -1.17. The minimum atomic E-state index is 0.400. The second-order valence-corrected chi connectivity index (χ2v) is 6.51. The van der Waals surface area contributed by atoms with E-state index >= 15 is 0 Å². The van der Waals surface area contributed by atoms with Crippen molar-refractivity contribution in [2.24, 2.45) is 0 Å². The summed E-state index contributed by atoms with van der Waals surface area (Å²) in [5, 5.41) is 3.43. The molecular formula is C17H22IN3. The maximum Gasteiger partial charge on any atom is 0.143 e. The second-order valence-electron chi connectivity index (χ2n) is 5.43. The van der Waals surface area contributed by atoms with Crippen LogP contribution in [0.3, 0.4) is 0 Å². The Kier molecular flexibility index (Phi) is 5.96. The summed E-state index contributed by atoms with van der Waals surface area (Å²) in [4.78, 5) is 9.50. The van der Waals surface area contributed by atoms with Crippen LogP contribution in [0.5, 0.6) is 0 Å². The molecule has 0 atom stereocenters. The highest BCUT2D eigenvalue weighted by Gasteiger charge is 2.14. The summed E-state index contributed by atoms with van der Waals surface area (Å²) >= 11 is 2.36. The molecule has 21 heavy (non-hydrogen) atoms. The Bertz CT molecular complexity index is 582. The van der Waals surface area contributed by atoms with Crippen LogP contribution in [0.1, 0.15) is 50.2 Å². The number of benzene rings is 1. The Balaban J connectivity index is 2.34. The van der Waals surface area contributed by atoms with Crippen molar-refractivity contribution in [1.29, 1.82) is 0 Å². The van der Waals surface area contributed by atoms with E-state index in [0.717, 1.165) is 40.3 Å². The fourth-order valence-electron chi connectivity index (χ4n) is 2.11. The van der Waals surface area contributed by atoms with Crippen molar-refractivity contribution in [3.63, 3.8) is 0 Å². The highest BCUT2D eigenvalue weighted by molar-refractivity contribution is 14.1. The van der Waals surface area contributed by atoms with Gasteiger partial charge in [0.1, 0.15) is 11.6 Å². The quantitative estimate of drug-likeness (QED) is 0.726. The van der Waals surface area contributed by atoms with Gasteiger partial charge in [0.05, 0.1) is 9.26 Å². The zero-order valence-electron chi connectivity index (χ0n) is 12.9. The molecule has 2 rings (SSSR count). The number of nitrogens with zero attached hydrogens (tertiary/aromatic N) is 2. The van der Waals surface area contributed by atoms with Crippen LogP contribution < -0.4 is 5.32 Å². The lowest BCUT2D eigenvalue weighted by molar-refractivity contribution is 0.782. The lowest BCUT2D eigenvalue weighted by Crippen LogP contribution is -2.12. The monoisotopic (exact) mass is 395 g/mol. The van der Waals surface area contributed by atoms with E-state index in [1.54, 1.807) is 0 Å². The van der Waals surface area contributed by atoms with Gasteiger partial charge in [-0.25, -0.2) is 9.97 Å². The maximum atomic E-state index is 4.78. The molecule has 0 aliphatic heterocycles. The first-order valence-electron chi connectivity index (χ1n) is 7.46. The van der Waals surface area contributed by atoms with E-state index in [4.69, 9.17) is 9.97 Å². The number of hydrogen-bond acceptors (Lipinski definition) is 3. The van der Waals surface area contributed by atoms with Crippen LogP contribution in [0, 0.1) is 3.57 Å². The summed E-state index contributed by atoms with van der Waals surface area (Å²) < 4.78 is 1.15. The number of aromatic nitrogens is 2. The number of nitrogens with one attached hydrogen (secondary N) is 1. The van der Waals surface area contributed by atoms with Crippen LogP contribution in [0.15, 0.2) is 30.3 Å². The summed E-state index contributed by atoms with van der Waals surface area (Å²) in [5.41, 5.74) is 2.38. The molecule has 2 aromatic rings. The molecular weight excluding hydrogens is 373 g/mol. The van der Waals surface area contributed by atoms with E-state index in [9.17, 15) is 0 Å². The molecule has 1 heterocycles. The van der Waals surface area contributed by atoms with Crippen molar-refractivity contribution in [3.8, 4) is 0 Å². The molecule has 0 fully saturated rings. The number of hydrogen-bond donors (Lipinski definition) is 1. The van der Waals surface area contributed by atoms with Crippen molar-refractivity contribution >= 4 is 28.4 Å². The van der Waals surface area contributed by atoms with Crippen LogP contribution in [0.2, 0.25) is 0 Å². The Morgan fingerprint density at radius 2 is 1.86 bits per heavy atom. The fraction of sp³-hybridized carbons (Fsp3) is 0.412. The zero-order chi connectivity index (χ0) is 15.2. The lowest BCUT2D eigenvalue weighted by atomic mass is 10.1. The normalized spacial score (nSPS) is 10.9. The summed E-state index contributed by atoms with van der Waals surface area (Å²) in [6.07, 6.45) is 1.86. The van der Waals surface area contributed by atoms with Crippen molar-refractivity contribution in [2.45, 2.75) is 39.5 Å². The summed E-state index contributed by atoms with van der Waals surface area (Å²) in [5.74, 6) is 2.27. The van der Waals surface area contributed by atoms with Gasteiger partial charge in [0, 0.05) is 13.0 Å². The van der Waals surface area contributed by atoms with E-state index < -0.39 is 0 Å². The first-order chi connectivity index (χ1) is 10.1. The summed E-state index contributed by atoms with van der Waals surface area (Å²) in [6, 6.07) is 10.4. The van der Waals surface area contributed by atoms with Crippen LogP contribution in [-0.4, -0.2) is 16.5 Å². The molecule has 3 nitrogen and oxygen atoms in total. The van der Waals surface area contributed by atoms with Crippen LogP contribution in [-0.2, 0) is 6.42 Å². The highest BCUT2D eigenvalue weighted by atomic mass is 127. The Labute approximate surface area is 140 Å². The van der Waals surface area contributed by atoms with Gasteiger partial charge in [0.15, 0.2) is 0 Å². The first kappa shape index (κ1) is 16.2. The number of rotatable bonds is 6. The average Bonchev–Trinajstić information content (AvgIpc) is 2.48. The van der Waals surface area contributed by atoms with Crippen molar-refractivity contribution < 1.29 is 0 Å². The van der Waals surface area contributed by atoms with E-state index in [1.165, 1.54) is 5.56 Å². The van der Waals surface area contributed by atoms with Gasteiger partial charge in [-0.15, -0.1) is 0 Å². The van der Waals surface area contributed by atoms with Gasteiger partial charge in [0.2, 0.25) is 0 Å². The predicted octanol–water partition coefficient (Wildman–Crippen LogP) is 4.62. The highest BCUT2D eigenvalue weighted by Crippen LogP contribution is 2.25. The molecule has 0 bridgehead atoms. The first-order valence-corrected chi connectivity index (χ1v) is 8.53. The molecule has 0 unspecified atom stereocenters. The number of halogens is 1. The molecule has 1 aromatic heterocycles. The molecule has 0 radical (unpaired) electrons. The predicted molar refractivity (Wildman–Crippen MR) is 96.9 cm³/mol. The molecule has 0 spiro atoms. The van der Waals surface area contributed by atoms with E-state index in [0.29, 0.717) is 5.92 Å². The maximum absolute atomic E-state index is 4.78. The SMILES string of the molecule is CCCNc1nc(Cc2ccccc2)nc(C(C)C)c1I. The van der Waals surface area contributed by atoms with Crippen LogP contribution in [0.25, 0.3) is 0 Å². The van der Waals surface area contributed by atoms with Crippen LogP contribution >= 0.6 is 22.6 Å². The topological polar surface area (TPSA) is 37.8 Å². The molecule has 0 amide bonds. The van der Waals surface area contributed by atoms with Gasteiger partial charge in [-0.1, -0.05) is 51.1 Å². The minimum absolute atomic E-state index is 0.400. The minimum Gasteiger partial charge on any atom is -0.369 e. The second kappa shape index (κ2) is 7.73. The molecule has 0 aliphatic carbocycles. The van der Waals surface area contributed by atoms with Gasteiger partial charge in [-0.3, -0.25) is 0 Å². The van der Waals surface area contributed by atoms with Gasteiger partial charge in [-0.05, 0) is 40.5 Å². The van der Waals surface area contributed by atoms with Gasteiger partial charge in [-0.2, -0.15) is 0 Å². The summed E-state index contributed by atoms with van der Waals surface area (Å²) in [7, 11) is 0. The van der Waals surface area contributed by atoms with Crippen molar-refractivity contribution in [2.75, 3.05) is 11.9 Å². The largest absolute Gasteiger partial charge is 0.369 e. The third kappa shape index (κ3) is 4.40. The molecule has 112 valence electrons. The van der Waals surface area contributed by atoms with Crippen molar-refractivity contribution in [3.05, 3.63) is 51.0 Å². The van der Waals surface area contributed by atoms with Crippen LogP contribution in [0.4, 0.5) is 5.82 Å². The van der Waals surface area contributed by atoms with E-state index in [1.807, 2.05) is 6.07 Å². The molecule has 1 N–H and O–H groups in total. The zero-order valence-corrected chi connectivity index (χ0v) is 15.0. The Morgan fingerprint density at radius 1 is 1.14 bits per heavy atom. The Morgan fingerprint density at radius 3 is 2.48 bits per heavy atom. The molecule has 0 saturated carbocycles. The standard InChI is InChI=1S/C17H22IN3/c1-4-10-19-17-15(18)16(12(2)3)20-14(21-17)11-13-8-6-5-7-9-13/h5-9,12H,4,10-11H2,1-3H3,(H,19,20,21). The van der Waals surface area contributed by atoms with Gasteiger partial charge in [0.25, 0.3) is 0 Å². The van der Waals surface area contributed by atoms with Gasteiger partial charge < -0.3 is 5.32 Å². The smallest absolute Gasteiger partial charge is 0.143 e. The summed E-state index contributed by atoms with van der Waals surface area (Å²) in [6.45, 7) is 7.46. The molecule has 0 aliphatic rings.